The highest BCUT2D eigenvalue weighted by Gasteiger charge is 2.26. The van der Waals surface area contributed by atoms with Crippen LogP contribution in [0.5, 0.6) is 0 Å². The first-order valence-electron chi connectivity index (χ1n) is 6.84. The molecule has 1 saturated heterocycles. The molecule has 0 aromatic rings. The molecule has 0 radical (unpaired) electrons. The summed E-state index contributed by atoms with van der Waals surface area (Å²) in [4.78, 5) is 0. The fraction of sp³-hybridized carbons (Fsp3) is 1.00. The molecule has 0 spiro atoms. The second kappa shape index (κ2) is 6.87. The smallest absolute Gasteiger partial charge is 0.0480 e. The highest BCUT2D eigenvalue weighted by molar-refractivity contribution is 7.99. The minimum atomic E-state index is 0.720. The summed E-state index contributed by atoms with van der Waals surface area (Å²) in [6.45, 7) is 4.20. The third-order valence-electron chi connectivity index (χ3n) is 3.71. The van der Waals surface area contributed by atoms with E-state index in [1.54, 1.807) is 0 Å². The van der Waals surface area contributed by atoms with E-state index in [2.05, 4.69) is 24.0 Å². The molecule has 1 aliphatic carbocycles. The van der Waals surface area contributed by atoms with Crippen LogP contribution < -0.4 is 5.32 Å². The van der Waals surface area contributed by atoms with Gasteiger partial charge in [0.25, 0.3) is 0 Å². The molecule has 1 aliphatic heterocycles. The fourth-order valence-electron chi connectivity index (χ4n) is 2.88. The van der Waals surface area contributed by atoms with Crippen molar-refractivity contribution >= 4 is 11.8 Å². The summed E-state index contributed by atoms with van der Waals surface area (Å²) in [5, 5.41) is 4.77. The van der Waals surface area contributed by atoms with Crippen LogP contribution in [-0.2, 0) is 4.74 Å². The second-order valence-corrected chi connectivity index (χ2v) is 6.57. The summed E-state index contributed by atoms with van der Waals surface area (Å²) in [7, 11) is 0. The van der Waals surface area contributed by atoms with Crippen molar-refractivity contribution in [3.63, 3.8) is 0 Å². The first-order chi connectivity index (χ1) is 7.88. The lowest BCUT2D eigenvalue weighted by Gasteiger charge is -2.21. The summed E-state index contributed by atoms with van der Waals surface area (Å²) >= 11 is 2.14. The first kappa shape index (κ1) is 12.7. The van der Waals surface area contributed by atoms with Crippen LogP contribution in [0.25, 0.3) is 0 Å². The van der Waals surface area contributed by atoms with E-state index in [1.807, 2.05) is 0 Å². The normalized spacial score (nSPS) is 36.2. The van der Waals surface area contributed by atoms with Gasteiger partial charge in [0, 0.05) is 30.5 Å². The predicted octanol–water partition coefficient (Wildman–Crippen LogP) is 2.82. The highest BCUT2D eigenvalue weighted by Crippen LogP contribution is 2.30. The molecule has 2 nitrogen and oxygen atoms in total. The van der Waals surface area contributed by atoms with Crippen molar-refractivity contribution in [2.75, 3.05) is 19.0 Å². The van der Waals surface area contributed by atoms with Gasteiger partial charge in [0.2, 0.25) is 0 Å². The van der Waals surface area contributed by atoms with Crippen LogP contribution >= 0.6 is 11.8 Å². The van der Waals surface area contributed by atoms with Crippen LogP contribution in [0.1, 0.15) is 45.4 Å². The molecular formula is C13H25NOS. The van der Waals surface area contributed by atoms with Gasteiger partial charge in [0.15, 0.2) is 0 Å². The van der Waals surface area contributed by atoms with Crippen molar-refractivity contribution in [1.29, 1.82) is 0 Å². The van der Waals surface area contributed by atoms with Crippen LogP contribution in [0.2, 0.25) is 0 Å². The minimum absolute atomic E-state index is 0.720. The molecule has 3 unspecified atom stereocenters. The number of hydrogen-bond donors (Lipinski definition) is 1. The largest absolute Gasteiger partial charge is 0.381 e. The van der Waals surface area contributed by atoms with Gasteiger partial charge in [-0.1, -0.05) is 6.92 Å². The van der Waals surface area contributed by atoms with E-state index < -0.39 is 0 Å². The first-order valence-corrected chi connectivity index (χ1v) is 7.88. The summed E-state index contributed by atoms with van der Waals surface area (Å²) in [6.07, 6.45) is 7.94. The molecule has 2 aliphatic rings. The van der Waals surface area contributed by atoms with Crippen molar-refractivity contribution in [3.05, 3.63) is 0 Å². The van der Waals surface area contributed by atoms with Crippen LogP contribution in [0.4, 0.5) is 0 Å². The molecule has 3 atom stereocenters. The van der Waals surface area contributed by atoms with Gasteiger partial charge in [-0.15, -0.1) is 0 Å². The van der Waals surface area contributed by atoms with Crippen molar-refractivity contribution in [2.24, 2.45) is 0 Å². The molecule has 1 heterocycles. The van der Waals surface area contributed by atoms with Crippen molar-refractivity contribution in [3.8, 4) is 0 Å². The number of rotatable bonds is 4. The number of nitrogens with one attached hydrogen (secondary N) is 1. The van der Waals surface area contributed by atoms with Crippen molar-refractivity contribution in [2.45, 2.75) is 62.8 Å². The third kappa shape index (κ3) is 3.94. The molecule has 0 bridgehead atoms. The highest BCUT2D eigenvalue weighted by atomic mass is 32.2. The van der Waals surface area contributed by atoms with Gasteiger partial charge in [0.1, 0.15) is 0 Å². The zero-order valence-electron chi connectivity index (χ0n) is 10.4. The predicted molar refractivity (Wildman–Crippen MR) is 71.2 cm³/mol. The molecule has 0 aromatic carbocycles. The standard InChI is InChI=1S/C13H25NOS/c1-2-16-13-6-5-12(10-13)14-11-4-3-8-15-9-7-11/h11-14H,2-10H2,1H3. The average molecular weight is 243 g/mol. The summed E-state index contributed by atoms with van der Waals surface area (Å²) in [5.41, 5.74) is 0. The maximum atomic E-state index is 5.50. The molecule has 94 valence electrons. The zero-order chi connectivity index (χ0) is 11.2. The SMILES string of the molecule is CCSC1CCC(NC2CCCOCC2)C1. The topological polar surface area (TPSA) is 21.3 Å². The monoisotopic (exact) mass is 243 g/mol. The van der Waals surface area contributed by atoms with Gasteiger partial charge in [0.05, 0.1) is 0 Å². The Hall–Kier alpha value is 0.270. The third-order valence-corrected chi connectivity index (χ3v) is 4.94. The van der Waals surface area contributed by atoms with E-state index in [0.717, 1.165) is 30.5 Å². The van der Waals surface area contributed by atoms with E-state index in [4.69, 9.17) is 4.74 Å². The van der Waals surface area contributed by atoms with Gasteiger partial charge >= 0.3 is 0 Å². The fourth-order valence-corrected chi connectivity index (χ4v) is 4.02. The van der Waals surface area contributed by atoms with Gasteiger partial charge in [-0.25, -0.2) is 0 Å². The minimum Gasteiger partial charge on any atom is -0.381 e. The number of ether oxygens (including phenoxy) is 1. The zero-order valence-corrected chi connectivity index (χ0v) is 11.2. The molecule has 0 aromatic heterocycles. The molecule has 2 rings (SSSR count). The maximum absolute atomic E-state index is 5.50. The Labute approximate surface area is 104 Å². The van der Waals surface area contributed by atoms with E-state index >= 15 is 0 Å². The quantitative estimate of drug-likeness (QED) is 0.820. The number of thioether (sulfide) groups is 1. The lowest BCUT2D eigenvalue weighted by atomic mass is 10.1. The Kier molecular flexibility index (Phi) is 5.46. The summed E-state index contributed by atoms with van der Waals surface area (Å²) in [5.74, 6) is 1.27. The summed E-state index contributed by atoms with van der Waals surface area (Å²) in [6, 6.07) is 1.50. The Bertz CT molecular complexity index is 192. The molecule has 2 fully saturated rings. The molecular weight excluding hydrogens is 218 g/mol. The Morgan fingerprint density at radius 1 is 1.12 bits per heavy atom. The summed E-state index contributed by atoms with van der Waals surface area (Å²) < 4.78 is 5.50. The van der Waals surface area contributed by atoms with Crippen LogP contribution in [0.3, 0.4) is 0 Å². The Morgan fingerprint density at radius 3 is 2.94 bits per heavy atom. The van der Waals surface area contributed by atoms with Crippen molar-refractivity contribution in [1.82, 2.24) is 5.32 Å². The lowest BCUT2D eigenvalue weighted by Crippen LogP contribution is -2.37. The van der Waals surface area contributed by atoms with Crippen LogP contribution in [-0.4, -0.2) is 36.3 Å². The van der Waals surface area contributed by atoms with E-state index in [1.165, 1.54) is 44.3 Å². The maximum Gasteiger partial charge on any atom is 0.0480 e. The van der Waals surface area contributed by atoms with Crippen LogP contribution in [0.15, 0.2) is 0 Å². The van der Waals surface area contributed by atoms with Gasteiger partial charge in [-0.2, -0.15) is 11.8 Å². The van der Waals surface area contributed by atoms with Gasteiger partial charge < -0.3 is 10.1 Å². The van der Waals surface area contributed by atoms with E-state index in [0.29, 0.717) is 0 Å². The Balaban J connectivity index is 1.69. The van der Waals surface area contributed by atoms with E-state index in [9.17, 15) is 0 Å². The van der Waals surface area contributed by atoms with Crippen LogP contribution in [0, 0.1) is 0 Å². The van der Waals surface area contributed by atoms with Crippen molar-refractivity contribution < 1.29 is 4.74 Å². The average Bonchev–Trinajstić information content (AvgIpc) is 2.56. The molecule has 3 heteroatoms. The van der Waals surface area contributed by atoms with Gasteiger partial charge in [-0.05, 0) is 44.3 Å². The van der Waals surface area contributed by atoms with Gasteiger partial charge in [-0.3, -0.25) is 0 Å². The molecule has 0 amide bonds. The number of hydrogen-bond acceptors (Lipinski definition) is 3. The molecule has 1 N–H and O–H groups in total. The lowest BCUT2D eigenvalue weighted by molar-refractivity contribution is 0.142. The second-order valence-electron chi connectivity index (χ2n) is 4.99. The molecule has 16 heavy (non-hydrogen) atoms. The molecule has 1 saturated carbocycles. The Morgan fingerprint density at radius 2 is 2.06 bits per heavy atom. The van der Waals surface area contributed by atoms with E-state index in [-0.39, 0.29) is 0 Å².